The molecular weight excluding hydrogens is 366 g/mol. The number of carbonyl (C=O) groups is 1. The smallest absolute Gasteiger partial charge is 0.263 e. The van der Waals surface area contributed by atoms with Gasteiger partial charge in [0.25, 0.3) is 10.0 Å². The number of amidine groups is 1. The van der Waals surface area contributed by atoms with E-state index in [1.807, 2.05) is 35.1 Å². The van der Waals surface area contributed by atoms with Crippen molar-refractivity contribution in [1.82, 2.24) is 4.72 Å². The van der Waals surface area contributed by atoms with Gasteiger partial charge in [-0.15, -0.1) is 0 Å². The highest BCUT2D eigenvalue weighted by molar-refractivity contribution is 7.90. The summed E-state index contributed by atoms with van der Waals surface area (Å²) in [4.78, 5) is 11.9. The summed E-state index contributed by atoms with van der Waals surface area (Å²) < 4.78 is 26.3. The summed E-state index contributed by atoms with van der Waals surface area (Å²) >= 11 is 0. The summed E-state index contributed by atoms with van der Waals surface area (Å²) in [5, 5.41) is 19.2. The van der Waals surface area contributed by atoms with Gasteiger partial charge in [0, 0.05) is 17.8 Å². The van der Waals surface area contributed by atoms with Crippen molar-refractivity contribution in [3.63, 3.8) is 0 Å². The quantitative estimate of drug-likeness (QED) is 0.264. The number of nitrogens with one attached hydrogen (secondary N) is 3. The van der Waals surface area contributed by atoms with Gasteiger partial charge in [0.15, 0.2) is 0 Å². The van der Waals surface area contributed by atoms with Crippen LogP contribution < -0.4 is 10.0 Å². The molecule has 0 heterocycles. The zero-order valence-electron chi connectivity index (χ0n) is 14.5. The van der Waals surface area contributed by atoms with E-state index in [2.05, 4.69) is 5.32 Å². The molecule has 0 aliphatic carbocycles. The van der Waals surface area contributed by atoms with Crippen molar-refractivity contribution in [2.24, 2.45) is 0 Å². The SMILES string of the molecule is C/C(O)=C\C(=N)NS(=O)(=O)c1ccc(NC(=O)/C=C/c2ccccc2)cc1. The van der Waals surface area contributed by atoms with Crippen LogP contribution in [0, 0.1) is 5.41 Å². The van der Waals surface area contributed by atoms with E-state index < -0.39 is 15.9 Å². The van der Waals surface area contributed by atoms with Gasteiger partial charge < -0.3 is 10.4 Å². The van der Waals surface area contributed by atoms with Gasteiger partial charge in [0.05, 0.1) is 10.7 Å². The van der Waals surface area contributed by atoms with Crippen LogP contribution in [0.5, 0.6) is 0 Å². The third-order valence-electron chi connectivity index (χ3n) is 3.26. The van der Waals surface area contributed by atoms with E-state index in [1.165, 1.54) is 37.3 Å². The van der Waals surface area contributed by atoms with E-state index in [-0.39, 0.29) is 16.6 Å². The monoisotopic (exact) mass is 385 g/mol. The van der Waals surface area contributed by atoms with Crippen LogP contribution in [0.4, 0.5) is 5.69 Å². The predicted molar refractivity (Wildman–Crippen MR) is 105 cm³/mol. The number of rotatable bonds is 6. The maximum atomic E-state index is 12.2. The third-order valence-corrected chi connectivity index (χ3v) is 4.64. The minimum Gasteiger partial charge on any atom is -0.512 e. The minimum absolute atomic E-state index is 0.0749. The lowest BCUT2D eigenvalue weighted by Crippen LogP contribution is -2.28. The Morgan fingerprint density at radius 3 is 2.30 bits per heavy atom. The largest absolute Gasteiger partial charge is 0.512 e. The van der Waals surface area contributed by atoms with Gasteiger partial charge in [-0.1, -0.05) is 30.3 Å². The van der Waals surface area contributed by atoms with Crippen LogP contribution in [0.1, 0.15) is 12.5 Å². The second-order valence-electron chi connectivity index (χ2n) is 5.56. The van der Waals surface area contributed by atoms with Gasteiger partial charge in [-0.25, -0.2) is 8.42 Å². The van der Waals surface area contributed by atoms with Gasteiger partial charge in [-0.2, -0.15) is 0 Å². The summed E-state index contributed by atoms with van der Waals surface area (Å²) in [5.41, 5.74) is 1.31. The molecule has 0 unspecified atom stereocenters. The van der Waals surface area contributed by atoms with Crippen LogP contribution >= 0.6 is 0 Å². The van der Waals surface area contributed by atoms with E-state index in [0.717, 1.165) is 11.6 Å². The summed E-state index contributed by atoms with van der Waals surface area (Å²) in [6, 6.07) is 14.8. The number of carbonyl (C=O) groups excluding carboxylic acids is 1. The fraction of sp³-hybridized carbons (Fsp3) is 0.0526. The summed E-state index contributed by atoms with van der Waals surface area (Å²) in [6.07, 6.45) is 4.03. The van der Waals surface area contributed by atoms with Crippen molar-refractivity contribution < 1.29 is 18.3 Å². The van der Waals surface area contributed by atoms with Crippen LogP contribution in [0.3, 0.4) is 0 Å². The highest BCUT2D eigenvalue weighted by Gasteiger charge is 2.15. The zero-order chi connectivity index (χ0) is 19.9. The highest BCUT2D eigenvalue weighted by atomic mass is 32.2. The molecule has 0 aliphatic rings. The van der Waals surface area contributed by atoms with Crippen LogP contribution in [-0.2, 0) is 14.8 Å². The second-order valence-corrected chi connectivity index (χ2v) is 7.24. The Hall–Kier alpha value is -3.39. The van der Waals surface area contributed by atoms with Gasteiger partial charge in [0.1, 0.15) is 5.84 Å². The lowest BCUT2D eigenvalue weighted by atomic mass is 10.2. The van der Waals surface area contributed by atoms with Crippen molar-refractivity contribution in [3.8, 4) is 0 Å². The molecule has 0 radical (unpaired) electrons. The van der Waals surface area contributed by atoms with Gasteiger partial charge in [-0.3, -0.25) is 14.9 Å². The maximum absolute atomic E-state index is 12.2. The van der Waals surface area contributed by atoms with E-state index >= 15 is 0 Å². The molecule has 27 heavy (non-hydrogen) atoms. The molecule has 0 aromatic heterocycles. The van der Waals surface area contributed by atoms with E-state index in [1.54, 1.807) is 6.08 Å². The molecule has 4 N–H and O–H groups in total. The molecule has 0 fully saturated rings. The average Bonchev–Trinajstić information content (AvgIpc) is 2.60. The Kier molecular flexibility index (Phi) is 6.51. The summed E-state index contributed by atoms with van der Waals surface area (Å²) in [7, 11) is -3.95. The standard InChI is InChI=1S/C19H19N3O4S/c1-14(23)13-18(20)22-27(25,26)17-10-8-16(9-11-17)21-19(24)12-7-15-5-3-2-4-6-15/h2-13,23H,1H3,(H2,20,22)(H,21,24)/b12-7+,14-13+. The molecule has 8 heteroatoms. The number of sulfonamides is 1. The number of hydrogen-bond acceptors (Lipinski definition) is 5. The molecule has 140 valence electrons. The third kappa shape index (κ3) is 6.44. The molecule has 7 nitrogen and oxygen atoms in total. The Bertz CT molecular complexity index is 975. The first-order chi connectivity index (χ1) is 12.8. The van der Waals surface area contributed by atoms with Gasteiger partial charge in [0.2, 0.25) is 5.91 Å². The van der Waals surface area contributed by atoms with Gasteiger partial charge >= 0.3 is 0 Å². The average molecular weight is 385 g/mol. The molecule has 0 saturated heterocycles. The number of benzene rings is 2. The normalized spacial score (nSPS) is 12.0. The van der Waals surface area contributed by atoms with E-state index in [0.29, 0.717) is 5.69 Å². The van der Waals surface area contributed by atoms with Crippen molar-refractivity contribution in [3.05, 3.63) is 78.1 Å². The first-order valence-electron chi connectivity index (χ1n) is 7.89. The molecule has 0 saturated carbocycles. The molecule has 1 amide bonds. The topological polar surface area (TPSA) is 119 Å². The Morgan fingerprint density at radius 1 is 1.07 bits per heavy atom. The second kappa shape index (κ2) is 8.81. The van der Waals surface area contributed by atoms with E-state index in [9.17, 15) is 13.2 Å². The van der Waals surface area contributed by atoms with Crippen molar-refractivity contribution in [2.45, 2.75) is 11.8 Å². The number of hydrogen-bond donors (Lipinski definition) is 4. The van der Waals surface area contributed by atoms with Gasteiger partial charge in [-0.05, 0) is 42.8 Å². The molecule has 0 aliphatic heterocycles. The fourth-order valence-electron chi connectivity index (χ4n) is 2.08. The minimum atomic E-state index is -3.95. The number of amides is 1. The van der Waals surface area contributed by atoms with Crippen LogP contribution in [-0.4, -0.2) is 25.3 Å². The predicted octanol–water partition coefficient (Wildman–Crippen LogP) is 3.06. The molecule has 0 atom stereocenters. The Balaban J connectivity index is 2.02. The van der Waals surface area contributed by atoms with Crippen LogP contribution in [0.25, 0.3) is 6.08 Å². The molecule has 2 aromatic carbocycles. The Labute approximate surface area is 157 Å². The molecule has 2 rings (SSSR count). The van der Waals surface area contributed by atoms with Crippen molar-refractivity contribution >= 4 is 33.5 Å². The number of aliphatic hydroxyl groups excluding tert-OH is 1. The maximum Gasteiger partial charge on any atom is 0.263 e. The number of allylic oxidation sites excluding steroid dienone is 1. The summed E-state index contributed by atoms with van der Waals surface area (Å²) in [6.45, 7) is 1.33. The zero-order valence-corrected chi connectivity index (χ0v) is 15.3. The number of aliphatic hydroxyl groups is 1. The van der Waals surface area contributed by atoms with Crippen molar-refractivity contribution in [1.29, 1.82) is 5.41 Å². The van der Waals surface area contributed by atoms with Crippen molar-refractivity contribution in [2.75, 3.05) is 5.32 Å². The van der Waals surface area contributed by atoms with Crippen LogP contribution in [0.15, 0.2) is 77.4 Å². The molecule has 0 bridgehead atoms. The molecule has 2 aromatic rings. The molecule has 0 spiro atoms. The highest BCUT2D eigenvalue weighted by Crippen LogP contribution is 2.14. The Morgan fingerprint density at radius 2 is 1.70 bits per heavy atom. The van der Waals surface area contributed by atoms with E-state index in [4.69, 9.17) is 10.5 Å². The lowest BCUT2D eigenvalue weighted by molar-refractivity contribution is -0.111. The fourth-order valence-corrected chi connectivity index (χ4v) is 3.04. The first-order valence-corrected chi connectivity index (χ1v) is 9.37. The first kappa shape index (κ1) is 19.9. The lowest BCUT2D eigenvalue weighted by Gasteiger charge is -2.08. The summed E-state index contributed by atoms with van der Waals surface area (Å²) in [5.74, 6) is -0.999. The number of anilines is 1. The van der Waals surface area contributed by atoms with Crippen LogP contribution in [0.2, 0.25) is 0 Å². The molecular formula is C19H19N3O4S.